The molecule has 0 saturated heterocycles. The molecular weight excluding hydrogens is 460 g/mol. The first-order valence-electron chi connectivity index (χ1n) is 12.7. The minimum atomic E-state index is -0.172. The van der Waals surface area contributed by atoms with Crippen LogP contribution in [0.1, 0.15) is 44.6 Å². The molecule has 2 aliphatic rings. The van der Waals surface area contributed by atoms with Gasteiger partial charge in [-0.15, -0.1) is 6.58 Å². The van der Waals surface area contributed by atoms with Crippen LogP contribution in [0.25, 0.3) is 0 Å². The number of nitrogens with zero attached hydrogens (tertiary/aromatic N) is 4. The van der Waals surface area contributed by atoms with E-state index in [-0.39, 0.29) is 29.7 Å². The lowest BCUT2D eigenvalue weighted by molar-refractivity contribution is -0.113. The Morgan fingerprint density at radius 2 is 2.05 bits per heavy atom. The second kappa shape index (κ2) is 12.9. The van der Waals surface area contributed by atoms with Crippen molar-refractivity contribution < 1.29 is 4.79 Å². The number of hydrogen-bond acceptors (Lipinski definition) is 5. The number of carbonyl (C=O) groups is 1. The Kier molecular flexibility index (Phi) is 9.66. The van der Waals surface area contributed by atoms with Gasteiger partial charge in [-0.05, 0) is 74.1 Å². The van der Waals surface area contributed by atoms with Crippen LogP contribution >= 0.6 is 0 Å². The summed E-state index contributed by atoms with van der Waals surface area (Å²) < 4.78 is 0. The van der Waals surface area contributed by atoms with Crippen LogP contribution in [-0.2, 0) is 4.79 Å². The van der Waals surface area contributed by atoms with E-state index >= 15 is 0 Å². The Hall–Kier alpha value is -3.87. The molecule has 2 aliphatic carbocycles. The van der Waals surface area contributed by atoms with Crippen molar-refractivity contribution in [2.24, 2.45) is 15.9 Å². The van der Waals surface area contributed by atoms with Crippen molar-refractivity contribution >= 4 is 36.2 Å². The van der Waals surface area contributed by atoms with Gasteiger partial charge in [-0.2, -0.15) is 0 Å². The highest BCUT2D eigenvalue weighted by Gasteiger charge is 2.30. The summed E-state index contributed by atoms with van der Waals surface area (Å²) in [5.74, 6) is 0.378. The van der Waals surface area contributed by atoms with Crippen molar-refractivity contribution in [2.45, 2.75) is 51.1 Å². The number of carbonyl (C=O) groups excluding carboxylic acids is 1. The molecule has 2 atom stereocenters. The lowest BCUT2D eigenvalue weighted by Gasteiger charge is -2.24. The number of amidine groups is 1. The number of likely N-dealkylation sites (N-methyl/N-ethyl adjacent to an activating group) is 1. The smallest absolute Gasteiger partial charge is 0.250 e. The van der Waals surface area contributed by atoms with E-state index in [1.54, 1.807) is 30.0 Å². The molecule has 7 nitrogen and oxygen atoms in total. The summed E-state index contributed by atoms with van der Waals surface area (Å²) >= 11 is 0. The SMILES string of the molecule is C=CCC(CC(/C=C/C(=O)N(C)c1cccc(C(=N)N(C=N)C2CC2)c1)=C1/C(=NC)C=CCC1C)N=C. The van der Waals surface area contributed by atoms with Gasteiger partial charge < -0.3 is 9.80 Å². The fourth-order valence-corrected chi connectivity index (χ4v) is 4.58. The highest BCUT2D eigenvalue weighted by atomic mass is 16.2. The van der Waals surface area contributed by atoms with Gasteiger partial charge in [0.05, 0.1) is 18.1 Å². The maximum atomic E-state index is 13.3. The summed E-state index contributed by atoms with van der Waals surface area (Å²) in [5.41, 5.74) is 4.46. The topological polar surface area (TPSA) is 96.0 Å². The Labute approximate surface area is 220 Å². The predicted octanol–water partition coefficient (Wildman–Crippen LogP) is 5.60. The Morgan fingerprint density at radius 1 is 1.30 bits per heavy atom. The van der Waals surface area contributed by atoms with Crippen LogP contribution in [-0.4, -0.2) is 61.6 Å². The number of amides is 1. The molecule has 0 spiro atoms. The average Bonchev–Trinajstić information content (AvgIpc) is 3.75. The fraction of sp³-hybridized carbons (Fsp3) is 0.367. The van der Waals surface area contributed by atoms with Crippen molar-refractivity contribution in [3.8, 4) is 0 Å². The van der Waals surface area contributed by atoms with Gasteiger partial charge in [0.1, 0.15) is 5.84 Å². The summed E-state index contributed by atoms with van der Waals surface area (Å²) in [5, 5.41) is 16.2. The molecule has 0 bridgehead atoms. The largest absolute Gasteiger partial charge is 0.315 e. The van der Waals surface area contributed by atoms with Gasteiger partial charge in [-0.1, -0.05) is 37.3 Å². The molecule has 0 radical (unpaired) electrons. The number of rotatable bonds is 11. The number of aliphatic imine (C=N–C) groups is 2. The van der Waals surface area contributed by atoms with Crippen LogP contribution in [0.15, 0.2) is 82.4 Å². The third kappa shape index (κ3) is 6.88. The summed E-state index contributed by atoms with van der Waals surface area (Å²) in [4.78, 5) is 25.3. The van der Waals surface area contributed by atoms with Crippen LogP contribution in [0.5, 0.6) is 0 Å². The standard InChI is InChI=1S/C30H38N6O/c1-6-9-24(33-3)18-22(29-21(2)10-7-13-27(29)34-4)14-17-28(37)35(5)26-12-8-11-23(19-26)30(32)36(20-31)25-15-16-25/h6-8,11-14,17,19-21,24-25,31-32H,1,3,9-10,15-16,18H2,2,4-5H3/b17-14+,29-22+,31-20?,32-30?,34-27?. The molecule has 3 rings (SSSR count). The van der Waals surface area contributed by atoms with Crippen molar-refractivity contribution in [2.75, 3.05) is 19.0 Å². The Bertz CT molecular complexity index is 1170. The zero-order valence-electron chi connectivity index (χ0n) is 22.2. The zero-order chi connectivity index (χ0) is 26.9. The van der Waals surface area contributed by atoms with Gasteiger partial charge in [0.2, 0.25) is 0 Å². The van der Waals surface area contributed by atoms with Gasteiger partial charge in [0, 0.05) is 37.5 Å². The monoisotopic (exact) mass is 498 g/mol. The lowest BCUT2D eigenvalue weighted by Crippen LogP contribution is -2.31. The van der Waals surface area contributed by atoms with E-state index in [4.69, 9.17) is 10.8 Å². The molecule has 1 aromatic rings. The summed E-state index contributed by atoms with van der Waals surface area (Å²) in [6.45, 7) is 9.78. The number of nitrogens with one attached hydrogen (secondary N) is 2. The fourth-order valence-electron chi connectivity index (χ4n) is 4.58. The van der Waals surface area contributed by atoms with Gasteiger partial charge in [-0.25, -0.2) is 0 Å². The first-order valence-corrected chi connectivity index (χ1v) is 12.7. The molecule has 2 unspecified atom stereocenters. The normalized spacial score (nSPS) is 20.4. The van der Waals surface area contributed by atoms with Crippen molar-refractivity contribution in [3.05, 3.63) is 77.9 Å². The summed E-state index contributed by atoms with van der Waals surface area (Å²) in [6.07, 6.45) is 15.0. The van der Waals surface area contributed by atoms with E-state index in [1.165, 1.54) is 6.34 Å². The molecule has 37 heavy (non-hydrogen) atoms. The van der Waals surface area contributed by atoms with Crippen LogP contribution < -0.4 is 4.90 Å². The van der Waals surface area contributed by atoms with Crippen LogP contribution in [0.3, 0.4) is 0 Å². The first kappa shape index (κ1) is 27.7. The van der Waals surface area contributed by atoms with E-state index in [2.05, 4.69) is 36.3 Å². The first-order chi connectivity index (χ1) is 17.8. The van der Waals surface area contributed by atoms with Gasteiger partial charge in [0.25, 0.3) is 5.91 Å². The average molecular weight is 499 g/mol. The molecule has 0 aromatic heterocycles. The number of anilines is 1. The third-order valence-electron chi connectivity index (χ3n) is 6.88. The van der Waals surface area contributed by atoms with Crippen LogP contribution in [0.4, 0.5) is 5.69 Å². The summed E-state index contributed by atoms with van der Waals surface area (Å²) in [6, 6.07) is 7.55. The molecule has 2 N–H and O–H groups in total. The molecule has 0 heterocycles. The number of hydrogen-bond donors (Lipinski definition) is 2. The predicted molar refractivity (Wildman–Crippen MR) is 156 cm³/mol. The Balaban J connectivity index is 1.88. The molecule has 1 aromatic carbocycles. The Morgan fingerprint density at radius 3 is 2.68 bits per heavy atom. The van der Waals surface area contributed by atoms with Crippen molar-refractivity contribution in [1.82, 2.24) is 4.90 Å². The van der Waals surface area contributed by atoms with E-state index in [9.17, 15) is 4.79 Å². The number of benzene rings is 1. The minimum absolute atomic E-state index is 0.0281. The third-order valence-corrected chi connectivity index (χ3v) is 6.88. The van der Waals surface area contributed by atoms with E-state index < -0.39 is 0 Å². The van der Waals surface area contributed by atoms with E-state index in [1.807, 2.05) is 42.5 Å². The van der Waals surface area contributed by atoms with Gasteiger partial charge >= 0.3 is 0 Å². The van der Waals surface area contributed by atoms with E-state index in [0.717, 1.165) is 36.1 Å². The minimum Gasteiger partial charge on any atom is -0.315 e. The molecule has 194 valence electrons. The second-order valence-corrected chi connectivity index (χ2v) is 9.55. The van der Waals surface area contributed by atoms with E-state index in [0.29, 0.717) is 24.1 Å². The lowest BCUT2D eigenvalue weighted by atomic mass is 9.83. The second-order valence-electron chi connectivity index (χ2n) is 9.55. The molecule has 1 saturated carbocycles. The van der Waals surface area contributed by atoms with Gasteiger partial charge in [0.15, 0.2) is 0 Å². The van der Waals surface area contributed by atoms with Crippen LogP contribution in [0.2, 0.25) is 0 Å². The van der Waals surface area contributed by atoms with Gasteiger partial charge in [-0.3, -0.25) is 25.6 Å². The van der Waals surface area contributed by atoms with Crippen LogP contribution in [0, 0.1) is 16.7 Å². The van der Waals surface area contributed by atoms with Crippen molar-refractivity contribution in [3.63, 3.8) is 0 Å². The maximum Gasteiger partial charge on any atom is 0.250 e. The molecule has 0 aliphatic heterocycles. The quantitative estimate of drug-likeness (QED) is 0.180. The zero-order valence-corrected chi connectivity index (χ0v) is 22.2. The summed E-state index contributed by atoms with van der Waals surface area (Å²) in [7, 11) is 3.52. The molecule has 1 fully saturated rings. The maximum absolute atomic E-state index is 13.3. The molecule has 1 amide bonds. The molecular formula is C30H38N6O. The highest BCUT2D eigenvalue weighted by Crippen LogP contribution is 2.30. The molecule has 7 heteroatoms. The number of allylic oxidation sites excluding steroid dienone is 4. The van der Waals surface area contributed by atoms with Crippen molar-refractivity contribution in [1.29, 1.82) is 10.8 Å². The highest BCUT2D eigenvalue weighted by molar-refractivity contribution is 6.10.